The first-order chi connectivity index (χ1) is 13.9. The lowest BCUT2D eigenvalue weighted by molar-refractivity contribution is 0.120. The Morgan fingerprint density at radius 2 is 1.97 bits per heavy atom. The van der Waals surface area contributed by atoms with Crippen LogP contribution in [0.5, 0.6) is 0 Å². The molecule has 1 aliphatic rings. The van der Waals surface area contributed by atoms with E-state index < -0.39 is 24.4 Å². The maximum Gasteiger partial charge on any atom is 0.406 e. The molecule has 0 aromatic carbocycles. The highest BCUT2D eigenvalue weighted by molar-refractivity contribution is 5.66. The molecular weight excluding hydrogens is 370 g/mol. The summed E-state index contributed by atoms with van der Waals surface area (Å²) in [5.74, 6) is 0.0243. The summed E-state index contributed by atoms with van der Waals surface area (Å²) in [7, 11) is 1.54. The van der Waals surface area contributed by atoms with Crippen LogP contribution in [0.2, 0.25) is 0 Å². The Morgan fingerprint density at radius 3 is 2.66 bits per heavy atom. The number of aliphatic hydroxyl groups is 3. The monoisotopic (exact) mass is 411 g/mol. The van der Waals surface area contributed by atoms with Gasteiger partial charge < -0.3 is 25.4 Å². The maximum absolute atomic E-state index is 10.9. The number of unbranched alkanes of at least 4 members (excludes halogenated alkanes) is 3. The van der Waals surface area contributed by atoms with E-state index in [0.29, 0.717) is 19.4 Å². The molecule has 29 heavy (non-hydrogen) atoms. The van der Waals surface area contributed by atoms with Gasteiger partial charge in [-0.2, -0.15) is 0 Å². The van der Waals surface area contributed by atoms with Gasteiger partial charge in [0.1, 0.15) is 0 Å². The summed E-state index contributed by atoms with van der Waals surface area (Å²) in [5, 5.41) is 33.4. The number of alkyl carbamates (subject to hydrolysis) is 1. The van der Waals surface area contributed by atoms with Crippen molar-refractivity contribution in [1.29, 1.82) is 0 Å². The molecule has 0 spiro atoms. The summed E-state index contributed by atoms with van der Waals surface area (Å²) in [6.45, 7) is 4.60. The van der Waals surface area contributed by atoms with Crippen molar-refractivity contribution in [2.75, 3.05) is 13.7 Å². The van der Waals surface area contributed by atoms with Gasteiger partial charge >= 0.3 is 6.09 Å². The van der Waals surface area contributed by atoms with Gasteiger partial charge in [-0.3, -0.25) is 0 Å². The van der Waals surface area contributed by atoms with E-state index in [2.05, 4.69) is 24.4 Å². The number of ether oxygens (including phenoxy) is 1. The minimum atomic E-state index is -0.570. The normalized spacial score (nSPS) is 26.8. The van der Waals surface area contributed by atoms with E-state index >= 15 is 0 Å². The maximum atomic E-state index is 10.9. The number of hydrogen-bond acceptors (Lipinski definition) is 5. The molecule has 1 rings (SSSR count). The number of amides is 1. The van der Waals surface area contributed by atoms with Crippen LogP contribution in [0, 0.1) is 17.8 Å². The molecule has 168 valence electrons. The first-order valence-electron chi connectivity index (χ1n) is 11.1. The second-order valence-electron chi connectivity index (χ2n) is 8.20. The third-order valence-electron chi connectivity index (χ3n) is 5.82. The molecule has 0 bridgehead atoms. The van der Waals surface area contributed by atoms with E-state index in [0.717, 1.165) is 38.5 Å². The molecule has 4 N–H and O–H groups in total. The van der Waals surface area contributed by atoms with Crippen molar-refractivity contribution in [3.8, 4) is 0 Å². The smallest absolute Gasteiger partial charge is 0.406 e. The fourth-order valence-electron chi connectivity index (χ4n) is 3.81. The van der Waals surface area contributed by atoms with E-state index in [9.17, 15) is 20.1 Å². The van der Waals surface area contributed by atoms with Crippen molar-refractivity contribution in [2.24, 2.45) is 17.8 Å². The summed E-state index contributed by atoms with van der Waals surface area (Å²) in [5.41, 5.74) is 0. The van der Waals surface area contributed by atoms with Gasteiger partial charge in [-0.15, -0.1) is 0 Å². The van der Waals surface area contributed by atoms with Crippen LogP contribution in [0.4, 0.5) is 4.79 Å². The zero-order valence-corrected chi connectivity index (χ0v) is 18.3. The van der Waals surface area contributed by atoms with Crippen LogP contribution in [-0.2, 0) is 4.74 Å². The van der Waals surface area contributed by atoms with Crippen molar-refractivity contribution in [3.63, 3.8) is 0 Å². The van der Waals surface area contributed by atoms with E-state index in [4.69, 9.17) is 4.74 Å². The minimum absolute atomic E-state index is 0.0350. The summed E-state index contributed by atoms with van der Waals surface area (Å²) in [6.07, 6.45) is 12.7. The number of rotatable bonds is 13. The highest BCUT2D eigenvalue weighted by Crippen LogP contribution is 2.36. The molecule has 1 saturated carbocycles. The first kappa shape index (κ1) is 25.7. The molecule has 1 fully saturated rings. The van der Waals surface area contributed by atoms with Gasteiger partial charge in [0.25, 0.3) is 0 Å². The van der Waals surface area contributed by atoms with Crippen LogP contribution in [0.25, 0.3) is 0 Å². The zero-order chi connectivity index (χ0) is 21.6. The Balaban J connectivity index is 2.41. The molecule has 0 radical (unpaired) electrons. The van der Waals surface area contributed by atoms with Gasteiger partial charge in [-0.05, 0) is 43.9 Å². The highest BCUT2D eigenvalue weighted by Gasteiger charge is 2.39. The van der Waals surface area contributed by atoms with Crippen LogP contribution >= 0.6 is 0 Å². The predicted molar refractivity (Wildman–Crippen MR) is 115 cm³/mol. The van der Waals surface area contributed by atoms with E-state index in [1.54, 1.807) is 6.08 Å². The molecule has 6 heteroatoms. The molecule has 0 aromatic heterocycles. The average Bonchev–Trinajstić information content (AvgIpc) is 2.98. The quantitative estimate of drug-likeness (QED) is 0.274. The third kappa shape index (κ3) is 9.79. The van der Waals surface area contributed by atoms with Gasteiger partial charge in [0.05, 0.1) is 24.9 Å². The van der Waals surface area contributed by atoms with Crippen LogP contribution < -0.4 is 5.32 Å². The molecule has 0 heterocycles. The van der Waals surface area contributed by atoms with Crippen molar-refractivity contribution in [2.45, 2.75) is 83.5 Å². The summed E-state index contributed by atoms with van der Waals surface area (Å²) in [6, 6.07) is 0. The summed E-state index contributed by atoms with van der Waals surface area (Å²) >= 11 is 0. The van der Waals surface area contributed by atoms with Crippen LogP contribution in [0.1, 0.15) is 65.2 Å². The Morgan fingerprint density at radius 1 is 1.21 bits per heavy atom. The fourth-order valence-corrected chi connectivity index (χ4v) is 3.81. The van der Waals surface area contributed by atoms with Crippen LogP contribution in [-0.4, -0.2) is 53.4 Å². The largest absolute Gasteiger partial charge is 0.450 e. The second kappa shape index (κ2) is 14.6. The highest BCUT2D eigenvalue weighted by atomic mass is 16.5. The molecule has 1 unspecified atom stereocenters. The summed E-state index contributed by atoms with van der Waals surface area (Å²) in [4.78, 5) is 10.9. The Labute approximate surface area is 176 Å². The lowest BCUT2D eigenvalue weighted by Crippen LogP contribution is -2.21. The molecule has 0 saturated heterocycles. The molecule has 0 aliphatic heterocycles. The Bertz CT molecular complexity index is 507. The fraction of sp³-hybridized carbons (Fsp3) is 0.783. The SMILES string of the molecule is CCCCC(C)[C@H](O)/C=C/[C@@H]1[C@@H](C/C=C\CCCCOC(=O)NC)[C@@H](O)C[C@H]1O. The van der Waals surface area contributed by atoms with Crippen molar-refractivity contribution in [1.82, 2.24) is 5.32 Å². The third-order valence-corrected chi connectivity index (χ3v) is 5.82. The number of allylic oxidation sites excluding steroid dienone is 2. The standard InChI is InChI=1S/C23H41NO5/c1-4-5-11-17(2)20(25)14-13-19-18(21(26)16-22(19)27)12-9-7-6-8-10-15-29-23(28)24-3/h7,9,13-14,17-22,25-27H,4-6,8,10-12,15-16H2,1-3H3,(H,24,28)/b9-7-,14-13+/t17?,18-,19-,20-,21+,22-/m1/s1. The van der Waals surface area contributed by atoms with Gasteiger partial charge in [-0.1, -0.05) is 51.0 Å². The Kier molecular flexibility index (Phi) is 12.9. The van der Waals surface area contributed by atoms with Gasteiger partial charge in [0, 0.05) is 19.4 Å². The van der Waals surface area contributed by atoms with Crippen molar-refractivity contribution in [3.05, 3.63) is 24.3 Å². The van der Waals surface area contributed by atoms with Crippen molar-refractivity contribution < 1.29 is 24.9 Å². The number of carbonyl (C=O) groups is 1. The number of nitrogens with one attached hydrogen (secondary N) is 1. The molecule has 6 atom stereocenters. The van der Waals surface area contributed by atoms with Gasteiger partial charge in [0.2, 0.25) is 0 Å². The predicted octanol–water partition coefficient (Wildman–Crippen LogP) is 3.56. The van der Waals surface area contributed by atoms with Crippen LogP contribution in [0.15, 0.2) is 24.3 Å². The lowest BCUT2D eigenvalue weighted by Gasteiger charge is -2.21. The molecule has 0 aromatic rings. The minimum Gasteiger partial charge on any atom is -0.450 e. The lowest BCUT2D eigenvalue weighted by atomic mass is 9.88. The number of aliphatic hydroxyl groups excluding tert-OH is 3. The molecule has 1 amide bonds. The average molecular weight is 412 g/mol. The van der Waals surface area contributed by atoms with E-state index in [1.165, 1.54) is 7.05 Å². The molecular formula is C23H41NO5. The van der Waals surface area contributed by atoms with Crippen LogP contribution in [0.3, 0.4) is 0 Å². The molecule has 1 aliphatic carbocycles. The van der Waals surface area contributed by atoms with E-state index in [-0.39, 0.29) is 17.8 Å². The molecule has 6 nitrogen and oxygen atoms in total. The van der Waals surface area contributed by atoms with Gasteiger partial charge in [0.15, 0.2) is 0 Å². The second-order valence-corrected chi connectivity index (χ2v) is 8.20. The number of carbonyl (C=O) groups excluding carboxylic acids is 1. The zero-order valence-electron chi connectivity index (χ0n) is 18.3. The Hall–Kier alpha value is -1.37. The summed E-state index contributed by atoms with van der Waals surface area (Å²) < 4.78 is 4.94. The number of hydrogen-bond donors (Lipinski definition) is 4. The van der Waals surface area contributed by atoms with Crippen molar-refractivity contribution >= 4 is 6.09 Å². The topological polar surface area (TPSA) is 99.0 Å². The van der Waals surface area contributed by atoms with E-state index in [1.807, 2.05) is 13.0 Å². The van der Waals surface area contributed by atoms with Gasteiger partial charge in [-0.25, -0.2) is 4.79 Å². The first-order valence-corrected chi connectivity index (χ1v) is 11.1.